The number of carbonyl (C=O) groups excluding carboxylic acids is 2. The summed E-state index contributed by atoms with van der Waals surface area (Å²) in [6, 6.07) is -0.263. The predicted molar refractivity (Wildman–Crippen MR) is 89.2 cm³/mol. The van der Waals surface area contributed by atoms with Crippen molar-refractivity contribution >= 4 is 11.8 Å². The number of hydrogen-bond donors (Lipinski definition) is 2. The van der Waals surface area contributed by atoms with Gasteiger partial charge in [0, 0.05) is 59.0 Å². The molecule has 8 heteroatoms. The van der Waals surface area contributed by atoms with Crippen molar-refractivity contribution in [1.29, 1.82) is 0 Å². The number of hydrogen-bond acceptors (Lipinski definition) is 5. The highest BCUT2D eigenvalue weighted by Crippen LogP contribution is 2.35. The molecular weight excluding hydrogens is 310 g/mol. The SMILES string of the molecule is COCCNCCNC(=O)C1CCC(=O)N(C)C1c1cnn(C)c1. The molecular formula is C16H27N5O3. The maximum absolute atomic E-state index is 12.6. The van der Waals surface area contributed by atoms with E-state index >= 15 is 0 Å². The maximum atomic E-state index is 12.6. The summed E-state index contributed by atoms with van der Waals surface area (Å²) >= 11 is 0. The first-order valence-electron chi connectivity index (χ1n) is 8.26. The van der Waals surface area contributed by atoms with E-state index in [0.717, 1.165) is 12.1 Å². The van der Waals surface area contributed by atoms with Crippen LogP contribution >= 0.6 is 0 Å². The summed E-state index contributed by atoms with van der Waals surface area (Å²) < 4.78 is 6.65. The molecule has 0 radical (unpaired) electrons. The van der Waals surface area contributed by atoms with Crippen LogP contribution in [0.4, 0.5) is 0 Å². The highest BCUT2D eigenvalue weighted by Gasteiger charge is 2.39. The smallest absolute Gasteiger partial charge is 0.225 e. The third-order valence-electron chi connectivity index (χ3n) is 4.35. The lowest BCUT2D eigenvalue weighted by molar-refractivity contribution is -0.141. The van der Waals surface area contributed by atoms with Gasteiger partial charge in [0.1, 0.15) is 0 Å². The molecule has 134 valence electrons. The predicted octanol–water partition coefficient (Wildman–Crippen LogP) is -0.318. The Morgan fingerprint density at radius 3 is 2.83 bits per heavy atom. The van der Waals surface area contributed by atoms with Gasteiger partial charge in [0.05, 0.1) is 24.8 Å². The van der Waals surface area contributed by atoms with Crippen molar-refractivity contribution in [1.82, 2.24) is 25.3 Å². The lowest BCUT2D eigenvalue weighted by atomic mass is 9.85. The topological polar surface area (TPSA) is 88.5 Å². The van der Waals surface area contributed by atoms with E-state index in [1.807, 2.05) is 13.2 Å². The Labute approximate surface area is 142 Å². The number of aryl methyl sites for hydroxylation is 1. The summed E-state index contributed by atoms with van der Waals surface area (Å²) in [5, 5.41) is 10.3. The van der Waals surface area contributed by atoms with E-state index in [1.54, 1.807) is 29.9 Å². The molecule has 0 bridgehead atoms. The lowest BCUT2D eigenvalue weighted by Crippen LogP contribution is -2.47. The summed E-state index contributed by atoms with van der Waals surface area (Å²) in [6.07, 6.45) is 4.56. The summed E-state index contributed by atoms with van der Waals surface area (Å²) in [5.41, 5.74) is 0.895. The Hall–Kier alpha value is -1.93. The van der Waals surface area contributed by atoms with Crippen molar-refractivity contribution in [2.24, 2.45) is 13.0 Å². The third-order valence-corrected chi connectivity index (χ3v) is 4.35. The third kappa shape index (κ3) is 4.55. The van der Waals surface area contributed by atoms with Crippen LogP contribution < -0.4 is 10.6 Å². The molecule has 1 aliphatic rings. The Morgan fingerprint density at radius 1 is 1.38 bits per heavy atom. The van der Waals surface area contributed by atoms with Gasteiger partial charge in [0.2, 0.25) is 11.8 Å². The molecule has 1 saturated heterocycles. The normalized spacial score (nSPS) is 21.1. The molecule has 2 heterocycles. The van der Waals surface area contributed by atoms with Crippen molar-refractivity contribution in [3.8, 4) is 0 Å². The van der Waals surface area contributed by atoms with E-state index in [4.69, 9.17) is 4.74 Å². The Balaban J connectivity index is 1.95. The molecule has 0 saturated carbocycles. The van der Waals surface area contributed by atoms with Gasteiger partial charge in [-0.05, 0) is 6.42 Å². The minimum Gasteiger partial charge on any atom is -0.383 e. The summed E-state index contributed by atoms with van der Waals surface area (Å²) in [7, 11) is 5.24. The van der Waals surface area contributed by atoms with Gasteiger partial charge in [-0.3, -0.25) is 14.3 Å². The van der Waals surface area contributed by atoms with E-state index in [-0.39, 0.29) is 23.8 Å². The number of methoxy groups -OCH3 is 1. The first kappa shape index (κ1) is 18.4. The van der Waals surface area contributed by atoms with Gasteiger partial charge in [-0.1, -0.05) is 0 Å². The van der Waals surface area contributed by atoms with E-state index in [9.17, 15) is 9.59 Å². The molecule has 0 spiro atoms. The fraction of sp³-hybridized carbons (Fsp3) is 0.688. The molecule has 2 N–H and O–H groups in total. The standard InChI is InChI=1S/C16H27N5O3/c1-20-11-12(10-19-20)15-13(4-5-14(22)21(15)2)16(23)18-7-6-17-8-9-24-3/h10-11,13,15,17H,4-9H2,1-3H3,(H,18,23). The second-order valence-electron chi connectivity index (χ2n) is 6.08. The molecule has 1 aromatic rings. The molecule has 8 nitrogen and oxygen atoms in total. The van der Waals surface area contributed by atoms with Crippen LogP contribution in [0.5, 0.6) is 0 Å². The number of piperidine rings is 1. The monoisotopic (exact) mass is 337 g/mol. The zero-order valence-corrected chi connectivity index (χ0v) is 14.6. The number of aromatic nitrogens is 2. The van der Waals surface area contributed by atoms with E-state index in [2.05, 4.69) is 15.7 Å². The van der Waals surface area contributed by atoms with E-state index in [0.29, 0.717) is 32.5 Å². The van der Waals surface area contributed by atoms with Crippen molar-refractivity contribution < 1.29 is 14.3 Å². The number of rotatable bonds is 8. The van der Waals surface area contributed by atoms with Crippen LogP contribution in [0.25, 0.3) is 0 Å². The minimum absolute atomic E-state index is 0.0169. The summed E-state index contributed by atoms with van der Waals surface area (Å²) in [6.45, 7) is 2.64. The Kier molecular flexibility index (Phi) is 6.74. The van der Waals surface area contributed by atoms with Crippen LogP contribution in [0.3, 0.4) is 0 Å². The fourth-order valence-corrected chi connectivity index (χ4v) is 3.07. The minimum atomic E-state index is -0.263. The molecule has 1 fully saturated rings. The zero-order chi connectivity index (χ0) is 17.5. The summed E-state index contributed by atoms with van der Waals surface area (Å²) in [5.74, 6) is -0.207. The van der Waals surface area contributed by atoms with Crippen LogP contribution in [0.2, 0.25) is 0 Å². The van der Waals surface area contributed by atoms with Crippen LogP contribution in [-0.4, -0.2) is 66.9 Å². The Morgan fingerprint density at radius 2 is 2.17 bits per heavy atom. The highest BCUT2D eigenvalue weighted by molar-refractivity contribution is 5.84. The molecule has 24 heavy (non-hydrogen) atoms. The molecule has 1 aromatic heterocycles. The largest absolute Gasteiger partial charge is 0.383 e. The Bertz CT molecular complexity index is 560. The fourth-order valence-electron chi connectivity index (χ4n) is 3.07. The van der Waals surface area contributed by atoms with E-state index < -0.39 is 0 Å². The molecule has 1 aliphatic heterocycles. The van der Waals surface area contributed by atoms with Gasteiger partial charge < -0.3 is 20.3 Å². The van der Waals surface area contributed by atoms with Crippen LogP contribution in [-0.2, 0) is 21.4 Å². The lowest BCUT2D eigenvalue weighted by Gasteiger charge is -2.37. The van der Waals surface area contributed by atoms with Gasteiger partial charge in [-0.2, -0.15) is 5.10 Å². The van der Waals surface area contributed by atoms with E-state index in [1.165, 1.54) is 0 Å². The quantitative estimate of drug-likeness (QED) is 0.635. The van der Waals surface area contributed by atoms with Crippen molar-refractivity contribution in [2.45, 2.75) is 18.9 Å². The van der Waals surface area contributed by atoms with Gasteiger partial charge in [-0.15, -0.1) is 0 Å². The maximum Gasteiger partial charge on any atom is 0.225 e. The first-order valence-corrected chi connectivity index (χ1v) is 8.26. The average molecular weight is 337 g/mol. The molecule has 2 unspecified atom stereocenters. The molecule has 2 amide bonds. The molecule has 0 aromatic carbocycles. The first-order chi connectivity index (χ1) is 11.5. The van der Waals surface area contributed by atoms with Gasteiger partial charge >= 0.3 is 0 Å². The van der Waals surface area contributed by atoms with Crippen molar-refractivity contribution in [3.05, 3.63) is 18.0 Å². The zero-order valence-electron chi connectivity index (χ0n) is 14.6. The number of ether oxygens (including phenoxy) is 1. The molecule has 0 aliphatic carbocycles. The number of nitrogens with zero attached hydrogens (tertiary/aromatic N) is 3. The highest BCUT2D eigenvalue weighted by atomic mass is 16.5. The average Bonchev–Trinajstić information content (AvgIpc) is 2.99. The second-order valence-corrected chi connectivity index (χ2v) is 6.08. The van der Waals surface area contributed by atoms with Gasteiger partial charge in [0.25, 0.3) is 0 Å². The second kappa shape index (κ2) is 8.79. The summed E-state index contributed by atoms with van der Waals surface area (Å²) in [4.78, 5) is 26.3. The number of likely N-dealkylation sites (tertiary alicyclic amines) is 1. The number of nitrogens with one attached hydrogen (secondary N) is 2. The van der Waals surface area contributed by atoms with Crippen molar-refractivity contribution in [3.63, 3.8) is 0 Å². The number of carbonyl (C=O) groups is 2. The number of amides is 2. The van der Waals surface area contributed by atoms with Crippen LogP contribution in [0.1, 0.15) is 24.4 Å². The van der Waals surface area contributed by atoms with Gasteiger partial charge in [0.15, 0.2) is 0 Å². The van der Waals surface area contributed by atoms with Crippen molar-refractivity contribution in [2.75, 3.05) is 40.4 Å². The molecule has 2 rings (SSSR count). The van der Waals surface area contributed by atoms with Crippen LogP contribution in [0.15, 0.2) is 12.4 Å². The van der Waals surface area contributed by atoms with Crippen LogP contribution in [0, 0.1) is 5.92 Å². The molecule has 2 atom stereocenters. The van der Waals surface area contributed by atoms with Gasteiger partial charge in [-0.25, -0.2) is 0 Å².